The van der Waals surface area contributed by atoms with Gasteiger partial charge in [-0.25, -0.2) is 4.79 Å². The fourth-order valence-electron chi connectivity index (χ4n) is 1.27. The SMILES string of the molecule is COCC(COC(=O)NCCC(=O)OC)OC(C)CO. The number of carbonyl (C=O) groups excluding carboxylic acids is 2. The lowest BCUT2D eigenvalue weighted by Gasteiger charge is -2.20. The maximum atomic E-state index is 11.3. The smallest absolute Gasteiger partial charge is 0.407 e. The Kier molecular flexibility index (Phi) is 10.7. The van der Waals surface area contributed by atoms with Crippen molar-refractivity contribution < 1.29 is 33.6 Å². The Hall–Kier alpha value is -1.38. The first-order valence-corrected chi connectivity index (χ1v) is 6.26. The maximum absolute atomic E-state index is 11.3. The summed E-state index contributed by atoms with van der Waals surface area (Å²) in [4.78, 5) is 22.2. The van der Waals surface area contributed by atoms with Crippen molar-refractivity contribution in [1.82, 2.24) is 5.32 Å². The van der Waals surface area contributed by atoms with E-state index in [0.717, 1.165) is 0 Å². The number of rotatable bonds is 10. The molecule has 0 aliphatic heterocycles. The Bertz CT molecular complexity index is 285. The molecule has 0 aliphatic rings. The molecule has 0 bridgehead atoms. The van der Waals surface area contributed by atoms with Crippen LogP contribution in [0.4, 0.5) is 4.79 Å². The van der Waals surface area contributed by atoms with Crippen LogP contribution in [0.3, 0.4) is 0 Å². The van der Waals surface area contributed by atoms with Crippen LogP contribution in [0.1, 0.15) is 13.3 Å². The van der Waals surface area contributed by atoms with Crippen LogP contribution in [-0.4, -0.2) is 70.0 Å². The zero-order valence-electron chi connectivity index (χ0n) is 12.1. The second kappa shape index (κ2) is 11.4. The molecule has 0 aromatic carbocycles. The average Bonchev–Trinajstić information content (AvgIpc) is 2.44. The minimum Gasteiger partial charge on any atom is -0.469 e. The number of hydrogen-bond donors (Lipinski definition) is 2. The molecule has 0 fully saturated rings. The molecule has 8 heteroatoms. The van der Waals surface area contributed by atoms with E-state index in [1.165, 1.54) is 14.2 Å². The van der Waals surface area contributed by atoms with Crippen LogP contribution >= 0.6 is 0 Å². The predicted molar refractivity (Wildman–Crippen MR) is 69.3 cm³/mol. The minimum atomic E-state index is -0.657. The molecule has 0 aromatic rings. The molecule has 0 aliphatic carbocycles. The number of aliphatic hydroxyl groups excluding tert-OH is 1. The van der Waals surface area contributed by atoms with E-state index in [9.17, 15) is 9.59 Å². The van der Waals surface area contributed by atoms with Crippen molar-refractivity contribution in [3.63, 3.8) is 0 Å². The predicted octanol–water partition coefficient (Wildman–Crippen LogP) is -0.312. The summed E-state index contributed by atoms with van der Waals surface area (Å²) in [5.41, 5.74) is 0. The quantitative estimate of drug-likeness (QED) is 0.532. The van der Waals surface area contributed by atoms with E-state index in [1.54, 1.807) is 6.92 Å². The molecular formula is C12H23NO7. The van der Waals surface area contributed by atoms with Gasteiger partial charge in [0, 0.05) is 13.7 Å². The van der Waals surface area contributed by atoms with Crippen LogP contribution in [-0.2, 0) is 23.7 Å². The highest BCUT2D eigenvalue weighted by Gasteiger charge is 2.15. The molecule has 20 heavy (non-hydrogen) atoms. The van der Waals surface area contributed by atoms with E-state index in [1.807, 2.05) is 0 Å². The van der Waals surface area contributed by atoms with Gasteiger partial charge in [0.2, 0.25) is 0 Å². The number of esters is 1. The van der Waals surface area contributed by atoms with E-state index in [4.69, 9.17) is 19.3 Å². The lowest BCUT2D eigenvalue weighted by molar-refractivity contribution is -0.140. The van der Waals surface area contributed by atoms with E-state index in [-0.39, 0.29) is 38.9 Å². The summed E-state index contributed by atoms with van der Waals surface area (Å²) >= 11 is 0. The van der Waals surface area contributed by atoms with Crippen molar-refractivity contribution in [3.8, 4) is 0 Å². The van der Waals surface area contributed by atoms with Crippen molar-refractivity contribution in [2.24, 2.45) is 0 Å². The van der Waals surface area contributed by atoms with Crippen LogP contribution in [0, 0.1) is 0 Å². The van der Waals surface area contributed by atoms with Gasteiger partial charge in [-0.05, 0) is 6.92 Å². The van der Waals surface area contributed by atoms with Crippen molar-refractivity contribution in [2.75, 3.05) is 40.6 Å². The standard InChI is InChI=1S/C12H23NO7/c1-9(6-14)20-10(7-17-2)8-19-12(16)13-5-4-11(15)18-3/h9-10,14H,4-8H2,1-3H3,(H,13,16). The molecule has 0 spiro atoms. The first-order valence-electron chi connectivity index (χ1n) is 6.26. The number of ether oxygens (including phenoxy) is 4. The summed E-state index contributed by atoms with van der Waals surface area (Å²) in [6.07, 6.45) is -1.42. The van der Waals surface area contributed by atoms with Crippen LogP contribution in [0.25, 0.3) is 0 Å². The Balaban J connectivity index is 3.89. The molecule has 2 atom stereocenters. The van der Waals surface area contributed by atoms with Gasteiger partial charge in [0.15, 0.2) is 0 Å². The van der Waals surface area contributed by atoms with Crippen LogP contribution in [0.2, 0.25) is 0 Å². The molecule has 0 rings (SSSR count). The second-order valence-corrected chi connectivity index (χ2v) is 4.06. The van der Waals surface area contributed by atoms with Gasteiger partial charge < -0.3 is 29.4 Å². The Morgan fingerprint density at radius 2 is 1.95 bits per heavy atom. The minimum absolute atomic E-state index is 0.0117. The number of amides is 1. The molecule has 1 amide bonds. The van der Waals surface area contributed by atoms with Crippen LogP contribution in [0.15, 0.2) is 0 Å². The molecule has 0 heterocycles. The Labute approximate surface area is 118 Å². The zero-order chi connectivity index (χ0) is 15.4. The molecule has 8 nitrogen and oxygen atoms in total. The van der Waals surface area contributed by atoms with Crippen molar-refractivity contribution >= 4 is 12.1 Å². The monoisotopic (exact) mass is 293 g/mol. The fourth-order valence-corrected chi connectivity index (χ4v) is 1.27. The Morgan fingerprint density at radius 3 is 2.50 bits per heavy atom. The number of alkyl carbamates (subject to hydrolysis) is 1. The first-order chi connectivity index (χ1) is 9.53. The highest BCUT2D eigenvalue weighted by Crippen LogP contribution is 2.00. The highest BCUT2D eigenvalue weighted by atomic mass is 16.6. The number of carbonyl (C=O) groups is 2. The molecule has 0 saturated carbocycles. The summed E-state index contributed by atoms with van der Waals surface area (Å²) in [7, 11) is 2.77. The third-order valence-corrected chi connectivity index (χ3v) is 2.26. The molecule has 118 valence electrons. The number of aliphatic hydroxyl groups is 1. The van der Waals surface area contributed by atoms with Gasteiger partial charge in [-0.3, -0.25) is 4.79 Å². The molecule has 2 N–H and O–H groups in total. The normalized spacial score (nSPS) is 13.4. The van der Waals surface area contributed by atoms with Gasteiger partial charge in [-0.15, -0.1) is 0 Å². The van der Waals surface area contributed by atoms with Gasteiger partial charge in [-0.2, -0.15) is 0 Å². The third-order valence-electron chi connectivity index (χ3n) is 2.26. The van der Waals surface area contributed by atoms with Crippen molar-refractivity contribution in [3.05, 3.63) is 0 Å². The molecule has 2 unspecified atom stereocenters. The zero-order valence-corrected chi connectivity index (χ0v) is 12.1. The fraction of sp³-hybridized carbons (Fsp3) is 0.833. The summed E-state index contributed by atoms with van der Waals surface area (Å²) in [5, 5.41) is 11.3. The van der Waals surface area contributed by atoms with E-state index in [2.05, 4.69) is 10.1 Å². The van der Waals surface area contributed by atoms with Gasteiger partial charge >= 0.3 is 12.1 Å². The molecule has 0 saturated heterocycles. The van der Waals surface area contributed by atoms with Gasteiger partial charge in [0.1, 0.15) is 12.7 Å². The number of nitrogens with one attached hydrogen (secondary N) is 1. The lowest BCUT2D eigenvalue weighted by Crippen LogP contribution is -2.34. The number of hydrogen-bond acceptors (Lipinski definition) is 7. The number of methoxy groups -OCH3 is 2. The van der Waals surface area contributed by atoms with Gasteiger partial charge in [0.25, 0.3) is 0 Å². The second-order valence-electron chi connectivity index (χ2n) is 4.06. The molecule has 0 aromatic heterocycles. The molecule has 0 radical (unpaired) electrons. The summed E-state index contributed by atoms with van der Waals surface area (Å²) in [6.45, 7) is 1.92. The highest BCUT2D eigenvalue weighted by molar-refractivity contribution is 5.71. The van der Waals surface area contributed by atoms with Crippen LogP contribution < -0.4 is 5.32 Å². The summed E-state index contributed by atoms with van der Waals surface area (Å²) in [6, 6.07) is 0. The first kappa shape index (κ1) is 18.6. The van der Waals surface area contributed by atoms with Gasteiger partial charge in [-0.1, -0.05) is 0 Å². The van der Waals surface area contributed by atoms with Crippen molar-refractivity contribution in [2.45, 2.75) is 25.6 Å². The van der Waals surface area contributed by atoms with Crippen LogP contribution in [0.5, 0.6) is 0 Å². The Morgan fingerprint density at radius 1 is 1.25 bits per heavy atom. The topological polar surface area (TPSA) is 103 Å². The van der Waals surface area contributed by atoms with Gasteiger partial charge in [0.05, 0.1) is 32.8 Å². The van der Waals surface area contributed by atoms with E-state index >= 15 is 0 Å². The lowest BCUT2D eigenvalue weighted by atomic mass is 10.3. The summed E-state index contributed by atoms with van der Waals surface area (Å²) in [5.74, 6) is -0.414. The third kappa shape index (κ3) is 9.54. The van der Waals surface area contributed by atoms with E-state index in [0.29, 0.717) is 0 Å². The molecular weight excluding hydrogens is 270 g/mol. The maximum Gasteiger partial charge on any atom is 0.407 e. The summed E-state index contributed by atoms with van der Waals surface area (Å²) < 4.78 is 19.7. The largest absolute Gasteiger partial charge is 0.469 e. The van der Waals surface area contributed by atoms with E-state index < -0.39 is 18.2 Å². The van der Waals surface area contributed by atoms with Crippen molar-refractivity contribution in [1.29, 1.82) is 0 Å². The average molecular weight is 293 g/mol.